The third kappa shape index (κ3) is 3.58. The van der Waals surface area contributed by atoms with Gasteiger partial charge in [-0.25, -0.2) is 4.39 Å². The fourth-order valence-electron chi connectivity index (χ4n) is 2.04. The van der Waals surface area contributed by atoms with Crippen LogP contribution in [0.3, 0.4) is 0 Å². The minimum absolute atomic E-state index is 0.184. The normalized spacial score (nSPS) is 11.9. The molecule has 1 aromatic carbocycles. The standard InChI is InChI=1S/C14H12FN3O5/c15-9-3-1-2-8(4-9)12(19)7-17-6-10(18(22)23)5-11(13(16)20)14(17)21/h1-6,12,19H,7H2,(H2,16,20). The van der Waals surface area contributed by atoms with Crippen LogP contribution in [0.15, 0.2) is 41.3 Å². The van der Waals surface area contributed by atoms with Crippen LogP contribution >= 0.6 is 0 Å². The summed E-state index contributed by atoms with van der Waals surface area (Å²) in [5.74, 6) is -1.70. The largest absolute Gasteiger partial charge is 0.387 e. The Balaban J connectivity index is 2.44. The molecular weight excluding hydrogens is 309 g/mol. The number of rotatable bonds is 5. The molecule has 2 rings (SSSR count). The lowest BCUT2D eigenvalue weighted by Crippen LogP contribution is -2.31. The summed E-state index contributed by atoms with van der Waals surface area (Å²) in [5.41, 5.74) is 3.25. The molecule has 0 fully saturated rings. The van der Waals surface area contributed by atoms with Crippen LogP contribution in [0.4, 0.5) is 10.1 Å². The van der Waals surface area contributed by atoms with Crippen LogP contribution in [-0.2, 0) is 6.54 Å². The fraction of sp³-hybridized carbons (Fsp3) is 0.143. The van der Waals surface area contributed by atoms with Gasteiger partial charge >= 0.3 is 0 Å². The molecule has 1 heterocycles. The Hall–Kier alpha value is -3.07. The number of hydrogen-bond acceptors (Lipinski definition) is 5. The molecule has 9 heteroatoms. The van der Waals surface area contributed by atoms with Crippen molar-refractivity contribution in [2.45, 2.75) is 12.6 Å². The number of carbonyl (C=O) groups is 1. The van der Waals surface area contributed by atoms with Crippen molar-refractivity contribution in [3.05, 3.63) is 73.9 Å². The van der Waals surface area contributed by atoms with Crippen LogP contribution in [0, 0.1) is 15.9 Å². The van der Waals surface area contributed by atoms with E-state index in [1.54, 1.807) is 0 Å². The number of benzene rings is 1. The van der Waals surface area contributed by atoms with Crippen LogP contribution in [0.5, 0.6) is 0 Å². The minimum atomic E-state index is -1.30. The molecule has 1 aromatic heterocycles. The number of aliphatic hydroxyl groups excluding tert-OH is 1. The third-order valence-electron chi connectivity index (χ3n) is 3.15. The fourth-order valence-corrected chi connectivity index (χ4v) is 2.04. The maximum Gasteiger partial charge on any atom is 0.286 e. The zero-order valence-corrected chi connectivity index (χ0v) is 11.7. The summed E-state index contributed by atoms with van der Waals surface area (Å²) >= 11 is 0. The van der Waals surface area contributed by atoms with E-state index < -0.39 is 46.1 Å². The van der Waals surface area contributed by atoms with Crippen molar-refractivity contribution in [1.29, 1.82) is 0 Å². The van der Waals surface area contributed by atoms with E-state index >= 15 is 0 Å². The average molecular weight is 321 g/mol. The van der Waals surface area contributed by atoms with Crippen LogP contribution < -0.4 is 11.3 Å². The highest BCUT2D eigenvalue weighted by atomic mass is 19.1. The zero-order chi connectivity index (χ0) is 17.1. The van der Waals surface area contributed by atoms with Gasteiger partial charge in [-0.3, -0.25) is 19.7 Å². The van der Waals surface area contributed by atoms with E-state index in [4.69, 9.17) is 5.73 Å². The number of carbonyl (C=O) groups excluding carboxylic acids is 1. The highest BCUT2D eigenvalue weighted by Crippen LogP contribution is 2.17. The van der Waals surface area contributed by atoms with Gasteiger partial charge in [0.05, 0.1) is 23.8 Å². The molecule has 0 saturated heterocycles. The highest BCUT2D eigenvalue weighted by Gasteiger charge is 2.19. The average Bonchev–Trinajstić information content (AvgIpc) is 2.48. The molecule has 0 spiro atoms. The van der Waals surface area contributed by atoms with E-state index in [1.165, 1.54) is 18.2 Å². The van der Waals surface area contributed by atoms with E-state index in [1.807, 2.05) is 0 Å². The van der Waals surface area contributed by atoms with Gasteiger partial charge in [-0.1, -0.05) is 12.1 Å². The third-order valence-corrected chi connectivity index (χ3v) is 3.15. The molecule has 0 saturated carbocycles. The van der Waals surface area contributed by atoms with Crippen molar-refractivity contribution < 1.29 is 19.2 Å². The van der Waals surface area contributed by atoms with E-state index in [0.717, 1.165) is 22.9 Å². The minimum Gasteiger partial charge on any atom is -0.387 e. The lowest BCUT2D eigenvalue weighted by molar-refractivity contribution is -0.385. The summed E-state index contributed by atoms with van der Waals surface area (Å²) in [6.45, 7) is -0.399. The molecule has 0 bridgehead atoms. The molecule has 3 N–H and O–H groups in total. The van der Waals surface area contributed by atoms with Crippen molar-refractivity contribution in [2.24, 2.45) is 5.73 Å². The molecule has 0 aliphatic heterocycles. The number of aromatic nitrogens is 1. The van der Waals surface area contributed by atoms with E-state index in [9.17, 15) is 29.2 Å². The molecule has 0 radical (unpaired) electrons. The first-order valence-corrected chi connectivity index (χ1v) is 6.42. The molecule has 23 heavy (non-hydrogen) atoms. The van der Waals surface area contributed by atoms with Crippen molar-refractivity contribution >= 4 is 11.6 Å². The Morgan fingerprint density at radius 1 is 1.43 bits per heavy atom. The Labute approximate surface area is 128 Å². The number of amides is 1. The Bertz CT molecular complexity index is 833. The maximum absolute atomic E-state index is 13.2. The Kier molecular flexibility index (Phi) is 4.51. The lowest BCUT2D eigenvalue weighted by Gasteiger charge is -2.13. The number of nitro groups is 1. The highest BCUT2D eigenvalue weighted by molar-refractivity contribution is 5.92. The number of hydrogen-bond donors (Lipinski definition) is 2. The van der Waals surface area contributed by atoms with Crippen molar-refractivity contribution in [3.63, 3.8) is 0 Å². The second-order valence-electron chi connectivity index (χ2n) is 4.76. The van der Waals surface area contributed by atoms with Gasteiger partial charge < -0.3 is 15.4 Å². The summed E-state index contributed by atoms with van der Waals surface area (Å²) in [7, 11) is 0. The molecule has 0 aliphatic carbocycles. The molecule has 1 amide bonds. The Morgan fingerprint density at radius 2 is 2.13 bits per heavy atom. The van der Waals surface area contributed by atoms with Crippen LogP contribution in [-0.4, -0.2) is 20.5 Å². The van der Waals surface area contributed by atoms with Crippen molar-refractivity contribution in [3.8, 4) is 0 Å². The number of nitrogens with zero attached hydrogens (tertiary/aromatic N) is 2. The van der Waals surface area contributed by atoms with Gasteiger partial charge in [0.15, 0.2) is 0 Å². The first-order valence-electron chi connectivity index (χ1n) is 6.42. The predicted molar refractivity (Wildman–Crippen MR) is 77.2 cm³/mol. The smallest absolute Gasteiger partial charge is 0.286 e. The summed E-state index contributed by atoms with van der Waals surface area (Å²) in [6, 6.07) is 5.84. The monoisotopic (exact) mass is 321 g/mol. The van der Waals surface area contributed by atoms with Crippen molar-refractivity contribution in [2.75, 3.05) is 0 Å². The van der Waals surface area contributed by atoms with Crippen LogP contribution in [0.25, 0.3) is 0 Å². The molecule has 120 valence electrons. The first kappa shape index (κ1) is 16.3. The van der Waals surface area contributed by atoms with Gasteiger partial charge in [0.25, 0.3) is 17.2 Å². The Morgan fingerprint density at radius 3 is 2.70 bits per heavy atom. The first-order chi connectivity index (χ1) is 10.8. The molecular formula is C14H12FN3O5. The van der Waals surface area contributed by atoms with Gasteiger partial charge in [-0.05, 0) is 17.7 Å². The summed E-state index contributed by atoms with van der Waals surface area (Å²) in [6.07, 6.45) is -0.414. The number of aliphatic hydroxyl groups is 1. The number of primary amides is 1. The van der Waals surface area contributed by atoms with E-state index in [-0.39, 0.29) is 5.56 Å². The second-order valence-corrected chi connectivity index (χ2v) is 4.76. The van der Waals surface area contributed by atoms with Crippen LogP contribution in [0.1, 0.15) is 22.0 Å². The van der Waals surface area contributed by atoms with Gasteiger partial charge in [-0.15, -0.1) is 0 Å². The lowest BCUT2D eigenvalue weighted by atomic mass is 10.1. The molecule has 2 aromatic rings. The quantitative estimate of drug-likeness (QED) is 0.619. The van der Waals surface area contributed by atoms with E-state index in [0.29, 0.717) is 0 Å². The van der Waals surface area contributed by atoms with Gasteiger partial charge in [0.2, 0.25) is 0 Å². The van der Waals surface area contributed by atoms with Gasteiger partial charge in [-0.2, -0.15) is 0 Å². The molecule has 1 unspecified atom stereocenters. The van der Waals surface area contributed by atoms with Crippen LogP contribution in [0.2, 0.25) is 0 Å². The maximum atomic E-state index is 13.2. The topological polar surface area (TPSA) is 128 Å². The number of nitrogens with two attached hydrogens (primary N) is 1. The predicted octanol–water partition coefficient (Wildman–Crippen LogP) is 0.728. The summed E-state index contributed by atoms with van der Waals surface area (Å²) < 4.78 is 14.0. The number of pyridine rings is 1. The van der Waals surface area contributed by atoms with Crippen molar-refractivity contribution in [1.82, 2.24) is 4.57 Å². The molecule has 1 atom stereocenters. The summed E-state index contributed by atoms with van der Waals surface area (Å²) in [4.78, 5) is 33.4. The van der Waals surface area contributed by atoms with E-state index in [2.05, 4.69) is 0 Å². The van der Waals surface area contributed by atoms with Gasteiger partial charge in [0.1, 0.15) is 11.4 Å². The molecule has 8 nitrogen and oxygen atoms in total. The zero-order valence-electron chi connectivity index (χ0n) is 11.7. The van der Waals surface area contributed by atoms with Gasteiger partial charge in [0, 0.05) is 6.07 Å². The second kappa shape index (κ2) is 6.36. The molecule has 0 aliphatic rings. The number of halogens is 1. The summed E-state index contributed by atoms with van der Waals surface area (Å²) in [5, 5.41) is 20.9. The SMILES string of the molecule is NC(=O)c1cc([N+](=O)[O-])cn(CC(O)c2cccc(F)c2)c1=O.